The summed E-state index contributed by atoms with van der Waals surface area (Å²) in [5.74, 6) is 0. The van der Waals surface area contributed by atoms with Gasteiger partial charge in [-0.15, -0.1) is 0 Å². The standard InChI is InChI=1S/C15H24N2O2S/c1-20(18,19)15(13-5-3-2-4-6-13)9-7-14(8-10-15)17-12-11-16/h2-6,14,17H,7-12,16H2,1H3. The first-order valence-electron chi connectivity index (χ1n) is 7.18. The minimum Gasteiger partial charge on any atom is -0.329 e. The van der Waals surface area contributed by atoms with Gasteiger partial charge < -0.3 is 11.1 Å². The summed E-state index contributed by atoms with van der Waals surface area (Å²) in [6.45, 7) is 1.41. The molecule has 1 aliphatic rings. The van der Waals surface area contributed by atoms with Crippen LogP contribution < -0.4 is 11.1 Å². The summed E-state index contributed by atoms with van der Waals surface area (Å²) >= 11 is 0. The van der Waals surface area contributed by atoms with Gasteiger partial charge in [-0.3, -0.25) is 0 Å². The predicted molar refractivity (Wildman–Crippen MR) is 82.3 cm³/mol. The van der Waals surface area contributed by atoms with E-state index in [-0.39, 0.29) is 0 Å². The van der Waals surface area contributed by atoms with Crippen molar-refractivity contribution in [2.75, 3.05) is 19.3 Å². The van der Waals surface area contributed by atoms with E-state index in [1.54, 1.807) is 0 Å². The number of hydrogen-bond acceptors (Lipinski definition) is 4. The Morgan fingerprint density at radius 3 is 2.35 bits per heavy atom. The van der Waals surface area contributed by atoms with Crippen LogP contribution in [0.25, 0.3) is 0 Å². The molecule has 4 nitrogen and oxygen atoms in total. The van der Waals surface area contributed by atoms with Crippen LogP contribution in [-0.4, -0.2) is 33.8 Å². The summed E-state index contributed by atoms with van der Waals surface area (Å²) in [4.78, 5) is 0. The summed E-state index contributed by atoms with van der Waals surface area (Å²) in [6, 6.07) is 10.0. The third kappa shape index (κ3) is 3.05. The van der Waals surface area contributed by atoms with Crippen LogP contribution in [0, 0.1) is 0 Å². The first-order valence-corrected chi connectivity index (χ1v) is 9.07. The van der Waals surface area contributed by atoms with Crippen LogP contribution in [-0.2, 0) is 14.6 Å². The Hall–Kier alpha value is -0.910. The highest BCUT2D eigenvalue weighted by molar-refractivity contribution is 7.91. The largest absolute Gasteiger partial charge is 0.329 e. The molecule has 1 aromatic carbocycles. The zero-order valence-corrected chi connectivity index (χ0v) is 12.8. The fourth-order valence-electron chi connectivity index (χ4n) is 3.19. The van der Waals surface area contributed by atoms with Crippen LogP contribution in [0.15, 0.2) is 30.3 Å². The SMILES string of the molecule is CS(=O)(=O)C1(c2ccccc2)CCC(NCCN)CC1. The van der Waals surface area contributed by atoms with Crippen LogP contribution in [0.3, 0.4) is 0 Å². The van der Waals surface area contributed by atoms with Gasteiger partial charge in [-0.1, -0.05) is 30.3 Å². The maximum absolute atomic E-state index is 12.4. The van der Waals surface area contributed by atoms with Crippen molar-refractivity contribution in [1.82, 2.24) is 5.32 Å². The lowest BCUT2D eigenvalue weighted by molar-refractivity contribution is 0.311. The third-order valence-corrected chi connectivity index (χ3v) is 6.44. The molecular weight excluding hydrogens is 272 g/mol. The molecule has 1 aromatic rings. The first-order chi connectivity index (χ1) is 9.49. The lowest BCUT2D eigenvalue weighted by atomic mass is 9.81. The molecule has 1 aliphatic carbocycles. The van der Waals surface area contributed by atoms with Gasteiger partial charge in [0.1, 0.15) is 0 Å². The fourth-order valence-corrected chi connectivity index (χ4v) is 4.73. The Morgan fingerprint density at radius 1 is 1.25 bits per heavy atom. The Balaban J connectivity index is 2.21. The minimum absolute atomic E-state index is 0.386. The Morgan fingerprint density at radius 2 is 1.85 bits per heavy atom. The number of hydrogen-bond donors (Lipinski definition) is 2. The van der Waals surface area contributed by atoms with Crippen LogP contribution in [0.1, 0.15) is 31.2 Å². The van der Waals surface area contributed by atoms with Crippen LogP contribution in [0.4, 0.5) is 0 Å². The van der Waals surface area contributed by atoms with Crippen molar-refractivity contribution in [1.29, 1.82) is 0 Å². The second-order valence-electron chi connectivity index (χ2n) is 5.65. The summed E-state index contributed by atoms with van der Waals surface area (Å²) in [6.07, 6.45) is 4.48. The van der Waals surface area contributed by atoms with Crippen molar-refractivity contribution in [3.8, 4) is 0 Å². The van der Waals surface area contributed by atoms with Crippen molar-refractivity contribution >= 4 is 9.84 Å². The molecule has 0 radical (unpaired) electrons. The van der Waals surface area contributed by atoms with Crippen molar-refractivity contribution in [2.24, 2.45) is 5.73 Å². The molecule has 20 heavy (non-hydrogen) atoms. The molecule has 0 spiro atoms. The molecule has 0 atom stereocenters. The quantitative estimate of drug-likeness (QED) is 0.862. The number of rotatable bonds is 5. The van der Waals surface area contributed by atoms with E-state index < -0.39 is 14.6 Å². The summed E-state index contributed by atoms with van der Waals surface area (Å²) in [7, 11) is -3.14. The van der Waals surface area contributed by atoms with Crippen LogP contribution in [0.2, 0.25) is 0 Å². The average molecular weight is 296 g/mol. The number of nitrogens with one attached hydrogen (secondary N) is 1. The molecule has 0 heterocycles. The van der Waals surface area contributed by atoms with E-state index in [1.807, 2.05) is 30.3 Å². The number of nitrogens with two attached hydrogens (primary N) is 1. The lowest BCUT2D eigenvalue weighted by Gasteiger charge is -2.39. The van der Waals surface area contributed by atoms with E-state index in [1.165, 1.54) is 6.26 Å². The molecule has 0 bridgehead atoms. The van der Waals surface area contributed by atoms with Gasteiger partial charge in [0.15, 0.2) is 9.84 Å². The van der Waals surface area contributed by atoms with Gasteiger partial charge in [0.25, 0.3) is 0 Å². The smallest absolute Gasteiger partial charge is 0.157 e. The average Bonchev–Trinajstić information content (AvgIpc) is 2.45. The van der Waals surface area contributed by atoms with Crippen LogP contribution >= 0.6 is 0 Å². The minimum atomic E-state index is -3.14. The molecule has 0 unspecified atom stereocenters. The summed E-state index contributed by atoms with van der Waals surface area (Å²) in [5.41, 5.74) is 6.43. The molecule has 1 fully saturated rings. The molecule has 112 valence electrons. The number of benzene rings is 1. The molecule has 3 N–H and O–H groups in total. The maximum Gasteiger partial charge on any atom is 0.157 e. The molecule has 0 saturated heterocycles. The highest BCUT2D eigenvalue weighted by Gasteiger charge is 2.44. The van der Waals surface area contributed by atoms with Gasteiger partial charge in [-0.2, -0.15) is 0 Å². The van der Waals surface area contributed by atoms with E-state index in [0.29, 0.717) is 25.4 Å². The van der Waals surface area contributed by atoms with Gasteiger partial charge in [0.05, 0.1) is 4.75 Å². The zero-order chi connectivity index (χ0) is 14.6. The summed E-state index contributed by atoms with van der Waals surface area (Å²) < 4.78 is 24.1. The summed E-state index contributed by atoms with van der Waals surface area (Å²) in [5, 5.41) is 3.39. The van der Waals surface area contributed by atoms with E-state index in [2.05, 4.69) is 5.32 Å². The highest BCUT2D eigenvalue weighted by Crippen LogP contribution is 2.43. The van der Waals surface area contributed by atoms with Crippen molar-refractivity contribution in [3.63, 3.8) is 0 Å². The maximum atomic E-state index is 12.4. The molecule has 2 rings (SSSR count). The Labute approximate surface area is 121 Å². The molecule has 0 aromatic heterocycles. The molecular formula is C15H24N2O2S. The van der Waals surface area contributed by atoms with E-state index in [9.17, 15) is 8.42 Å². The van der Waals surface area contributed by atoms with Gasteiger partial charge in [0.2, 0.25) is 0 Å². The van der Waals surface area contributed by atoms with Crippen LogP contribution in [0.5, 0.6) is 0 Å². The lowest BCUT2D eigenvalue weighted by Crippen LogP contribution is -2.44. The molecule has 1 saturated carbocycles. The van der Waals surface area contributed by atoms with E-state index in [4.69, 9.17) is 5.73 Å². The first kappa shape index (κ1) is 15.5. The second-order valence-corrected chi connectivity index (χ2v) is 7.98. The topological polar surface area (TPSA) is 72.2 Å². The predicted octanol–water partition coefficient (Wildman–Crippen LogP) is 1.42. The monoisotopic (exact) mass is 296 g/mol. The van der Waals surface area contributed by atoms with Gasteiger partial charge in [0, 0.05) is 25.4 Å². The third-order valence-electron chi connectivity index (χ3n) is 4.38. The fraction of sp³-hybridized carbons (Fsp3) is 0.600. The van der Waals surface area contributed by atoms with E-state index >= 15 is 0 Å². The van der Waals surface area contributed by atoms with Gasteiger partial charge >= 0.3 is 0 Å². The zero-order valence-electron chi connectivity index (χ0n) is 12.0. The Kier molecular flexibility index (Phi) is 4.83. The van der Waals surface area contributed by atoms with E-state index in [0.717, 1.165) is 24.9 Å². The van der Waals surface area contributed by atoms with Crippen molar-refractivity contribution in [2.45, 2.75) is 36.5 Å². The second kappa shape index (κ2) is 6.24. The Bertz CT molecular complexity index is 520. The van der Waals surface area contributed by atoms with Gasteiger partial charge in [-0.25, -0.2) is 8.42 Å². The number of sulfone groups is 1. The van der Waals surface area contributed by atoms with Crippen molar-refractivity contribution in [3.05, 3.63) is 35.9 Å². The molecule has 0 amide bonds. The normalized spacial score (nSPS) is 27.4. The molecule has 0 aliphatic heterocycles. The van der Waals surface area contributed by atoms with Gasteiger partial charge in [-0.05, 0) is 31.2 Å². The highest BCUT2D eigenvalue weighted by atomic mass is 32.2. The molecule has 5 heteroatoms. The van der Waals surface area contributed by atoms with Crippen molar-refractivity contribution < 1.29 is 8.42 Å².